The fourth-order valence-corrected chi connectivity index (χ4v) is 1.61. The smallest absolute Gasteiger partial charge is 0.0236 e. The third kappa shape index (κ3) is 3.32. The minimum absolute atomic E-state index is 0.249. The second-order valence-corrected chi connectivity index (χ2v) is 5.05. The fourth-order valence-electron chi connectivity index (χ4n) is 1.61. The van der Waals surface area contributed by atoms with E-state index in [1.54, 1.807) is 0 Å². The molecule has 1 aromatic carbocycles. The number of benzene rings is 1. The predicted molar refractivity (Wildman–Crippen MR) is 70.2 cm³/mol. The fraction of sp³-hybridized carbons (Fsp3) is 0.571. The van der Waals surface area contributed by atoms with E-state index < -0.39 is 0 Å². The van der Waals surface area contributed by atoms with Gasteiger partial charge in [0.25, 0.3) is 0 Å². The Morgan fingerprint density at radius 2 is 1.88 bits per heavy atom. The van der Waals surface area contributed by atoms with E-state index in [0.717, 1.165) is 13.0 Å². The van der Waals surface area contributed by atoms with Crippen molar-refractivity contribution in [3.8, 4) is 0 Å². The zero-order chi connectivity index (χ0) is 12.2. The Hall–Kier alpha value is -0.860. The van der Waals surface area contributed by atoms with E-state index in [2.05, 4.69) is 57.0 Å². The molecule has 0 aliphatic heterocycles. The lowest BCUT2D eigenvalue weighted by molar-refractivity contribution is 0.143. The summed E-state index contributed by atoms with van der Waals surface area (Å²) in [7, 11) is 2.18. The van der Waals surface area contributed by atoms with Gasteiger partial charge in [-0.1, -0.05) is 31.2 Å². The van der Waals surface area contributed by atoms with Gasteiger partial charge in [0.1, 0.15) is 0 Å². The zero-order valence-electron chi connectivity index (χ0n) is 11.0. The van der Waals surface area contributed by atoms with Crippen molar-refractivity contribution in [1.29, 1.82) is 0 Å². The molecule has 16 heavy (non-hydrogen) atoms. The minimum atomic E-state index is 0.249. The van der Waals surface area contributed by atoms with Gasteiger partial charge in [-0.2, -0.15) is 0 Å². The van der Waals surface area contributed by atoms with E-state index >= 15 is 0 Å². The average Bonchev–Trinajstić information content (AvgIpc) is 2.29. The van der Waals surface area contributed by atoms with E-state index in [4.69, 9.17) is 5.73 Å². The van der Waals surface area contributed by atoms with E-state index in [1.165, 1.54) is 11.1 Å². The summed E-state index contributed by atoms with van der Waals surface area (Å²) in [6.07, 6.45) is 1.15. The maximum absolute atomic E-state index is 5.65. The van der Waals surface area contributed by atoms with E-state index in [0.29, 0.717) is 6.54 Å². The summed E-state index contributed by atoms with van der Waals surface area (Å²) in [5, 5.41) is 0. The first kappa shape index (κ1) is 13.2. The van der Waals surface area contributed by atoms with Crippen LogP contribution in [0.5, 0.6) is 0 Å². The summed E-state index contributed by atoms with van der Waals surface area (Å²) >= 11 is 0. The highest BCUT2D eigenvalue weighted by atomic mass is 15.2. The molecule has 2 nitrogen and oxygen atoms in total. The molecule has 0 bridgehead atoms. The molecule has 90 valence electrons. The standard InChI is InChI=1S/C14H24N2/c1-5-14(2,3)16(4)11-13-8-6-7-12(9-13)10-15/h6-9H,5,10-11,15H2,1-4H3. The molecule has 0 aliphatic carbocycles. The monoisotopic (exact) mass is 220 g/mol. The van der Waals surface area contributed by atoms with Gasteiger partial charge in [0.2, 0.25) is 0 Å². The van der Waals surface area contributed by atoms with Crippen molar-refractivity contribution in [2.75, 3.05) is 7.05 Å². The predicted octanol–water partition coefficient (Wildman–Crippen LogP) is 2.77. The molecule has 1 aromatic rings. The Morgan fingerprint density at radius 3 is 2.44 bits per heavy atom. The van der Waals surface area contributed by atoms with Gasteiger partial charge >= 0.3 is 0 Å². The largest absolute Gasteiger partial charge is 0.326 e. The van der Waals surface area contributed by atoms with Crippen molar-refractivity contribution in [1.82, 2.24) is 4.90 Å². The summed E-state index contributed by atoms with van der Waals surface area (Å²) in [5.74, 6) is 0. The third-order valence-corrected chi connectivity index (χ3v) is 3.55. The van der Waals surface area contributed by atoms with Crippen LogP contribution in [0.1, 0.15) is 38.3 Å². The molecule has 0 atom stereocenters. The molecule has 0 saturated carbocycles. The second kappa shape index (κ2) is 5.46. The molecular formula is C14H24N2. The lowest BCUT2D eigenvalue weighted by atomic mass is 9.99. The molecule has 0 aliphatic rings. The summed E-state index contributed by atoms with van der Waals surface area (Å²) in [6, 6.07) is 8.53. The maximum atomic E-state index is 5.65. The van der Waals surface area contributed by atoms with Crippen LogP contribution in [0.25, 0.3) is 0 Å². The van der Waals surface area contributed by atoms with Crippen LogP contribution in [0.4, 0.5) is 0 Å². The Kier molecular flexibility index (Phi) is 4.51. The molecule has 2 N–H and O–H groups in total. The van der Waals surface area contributed by atoms with Crippen molar-refractivity contribution < 1.29 is 0 Å². The molecule has 1 rings (SSSR count). The maximum Gasteiger partial charge on any atom is 0.0236 e. The Balaban J connectivity index is 2.72. The lowest BCUT2D eigenvalue weighted by Crippen LogP contribution is -2.39. The van der Waals surface area contributed by atoms with Gasteiger partial charge in [-0.05, 0) is 38.4 Å². The molecule has 0 heterocycles. The average molecular weight is 220 g/mol. The second-order valence-electron chi connectivity index (χ2n) is 5.05. The van der Waals surface area contributed by atoms with Gasteiger partial charge in [0.05, 0.1) is 0 Å². The highest BCUT2D eigenvalue weighted by Gasteiger charge is 2.20. The molecule has 0 amide bonds. The normalized spacial score (nSPS) is 12.1. The third-order valence-electron chi connectivity index (χ3n) is 3.55. The van der Waals surface area contributed by atoms with Crippen LogP contribution in [-0.2, 0) is 13.1 Å². The molecule has 0 fully saturated rings. The molecule has 0 radical (unpaired) electrons. The lowest BCUT2D eigenvalue weighted by Gasteiger charge is -2.35. The van der Waals surface area contributed by atoms with Crippen molar-refractivity contribution >= 4 is 0 Å². The van der Waals surface area contributed by atoms with Gasteiger partial charge in [0.15, 0.2) is 0 Å². The van der Waals surface area contributed by atoms with Crippen LogP contribution in [0.15, 0.2) is 24.3 Å². The number of hydrogen-bond acceptors (Lipinski definition) is 2. The number of nitrogens with zero attached hydrogens (tertiary/aromatic N) is 1. The molecule has 2 heteroatoms. The van der Waals surface area contributed by atoms with Crippen LogP contribution in [-0.4, -0.2) is 17.5 Å². The van der Waals surface area contributed by atoms with Gasteiger partial charge in [-0.25, -0.2) is 0 Å². The Bertz CT molecular complexity index is 331. The van der Waals surface area contributed by atoms with E-state index in [-0.39, 0.29) is 5.54 Å². The van der Waals surface area contributed by atoms with E-state index in [1.807, 2.05) is 0 Å². The van der Waals surface area contributed by atoms with Gasteiger partial charge in [-0.3, -0.25) is 4.90 Å². The summed E-state index contributed by atoms with van der Waals surface area (Å²) in [6.45, 7) is 8.38. The quantitative estimate of drug-likeness (QED) is 0.826. The van der Waals surface area contributed by atoms with Crippen molar-refractivity contribution in [2.45, 2.75) is 45.8 Å². The van der Waals surface area contributed by atoms with Crippen LogP contribution >= 0.6 is 0 Å². The van der Waals surface area contributed by atoms with Crippen molar-refractivity contribution in [3.63, 3.8) is 0 Å². The SMILES string of the molecule is CCC(C)(C)N(C)Cc1cccc(CN)c1. The number of rotatable bonds is 5. The van der Waals surface area contributed by atoms with Crippen LogP contribution in [0, 0.1) is 0 Å². The first-order chi connectivity index (χ1) is 7.49. The van der Waals surface area contributed by atoms with Crippen LogP contribution in [0.2, 0.25) is 0 Å². The molecule has 0 saturated heterocycles. The van der Waals surface area contributed by atoms with E-state index in [9.17, 15) is 0 Å². The number of nitrogens with two attached hydrogens (primary N) is 1. The first-order valence-electron chi connectivity index (χ1n) is 5.98. The molecule has 0 aromatic heterocycles. The Labute approximate surface area is 99.5 Å². The van der Waals surface area contributed by atoms with Crippen molar-refractivity contribution in [3.05, 3.63) is 35.4 Å². The summed E-state index contributed by atoms with van der Waals surface area (Å²) in [4.78, 5) is 2.39. The topological polar surface area (TPSA) is 29.3 Å². The minimum Gasteiger partial charge on any atom is -0.326 e. The van der Waals surface area contributed by atoms with Crippen molar-refractivity contribution in [2.24, 2.45) is 5.73 Å². The van der Waals surface area contributed by atoms with Crippen LogP contribution in [0.3, 0.4) is 0 Å². The molecule has 0 unspecified atom stereocenters. The zero-order valence-corrected chi connectivity index (χ0v) is 11.0. The number of hydrogen-bond donors (Lipinski definition) is 1. The van der Waals surface area contributed by atoms with Gasteiger partial charge < -0.3 is 5.73 Å². The molecular weight excluding hydrogens is 196 g/mol. The van der Waals surface area contributed by atoms with Crippen LogP contribution < -0.4 is 5.73 Å². The molecule has 0 spiro atoms. The summed E-state index contributed by atoms with van der Waals surface area (Å²) in [5.41, 5.74) is 8.44. The highest BCUT2D eigenvalue weighted by Crippen LogP contribution is 2.19. The van der Waals surface area contributed by atoms with Gasteiger partial charge in [-0.15, -0.1) is 0 Å². The highest BCUT2D eigenvalue weighted by molar-refractivity contribution is 5.23. The Morgan fingerprint density at radius 1 is 1.25 bits per heavy atom. The first-order valence-corrected chi connectivity index (χ1v) is 5.98. The van der Waals surface area contributed by atoms with Gasteiger partial charge in [0, 0.05) is 18.6 Å². The summed E-state index contributed by atoms with van der Waals surface area (Å²) < 4.78 is 0.